The Morgan fingerprint density at radius 3 is 2.52 bits per heavy atom. The highest BCUT2D eigenvalue weighted by molar-refractivity contribution is 14.0. The Morgan fingerprint density at radius 1 is 1.29 bits per heavy atom. The van der Waals surface area contributed by atoms with E-state index in [0.717, 1.165) is 31.0 Å². The minimum Gasteiger partial charge on any atom is -0.357 e. The second-order valence-electron chi connectivity index (χ2n) is 4.57. The molecule has 0 bridgehead atoms. The van der Waals surface area contributed by atoms with Gasteiger partial charge in [-0.1, -0.05) is 19.9 Å². The first kappa shape index (κ1) is 19.9. The highest BCUT2D eigenvalue weighted by Gasteiger charge is 2.13. The molecule has 0 saturated heterocycles. The summed E-state index contributed by atoms with van der Waals surface area (Å²) in [6, 6.07) is 0. The molecule has 21 heavy (non-hydrogen) atoms. The Balaban J connectivity index is 0.00000400. The van der Waals surface area contributed by atoms with Gasteiger partial charge in [-0.15, -0.1) is 30.6 Å². The molecule has 0 aromatic carbocycles. The number of nitrogens with one attached hydrogen (secondary N) is 2. The predicted octanol–water partition coefficient (Wildman–Crippen LogP) is 2.40. The summed E-state index contributed by atoms with van der Waals surface area (Å²) in [6.45, 7) is 12.3. The van der Waals surface area contributed by atoms with Gasteiger partial charge in [-0.05, 0) is 19.8 Å². The van der Waals surface area contributed by atoms with Crippen LogP contribution in [-0.4, -0.2) is 28.8 Å². The van der Waals surface area contributed by atoms with Crippen molar-refractivity contribution >= 4 is 29.9 Å². The van der Waals surface area contributed by atoms with E-state index in [1.165, 1.54) is 11.3 Å². The van der Waals surface area contributed by atoms with Crippen molar-refractivity contribution in [3.63, 3.8) is 0 Å². The zero-order valence-electron chi connectivity index (χ0n) is 13.6. The van der Waals surface area contributed by atoms with Crippen LogP contribution in [0.2, 0.25) is 0 Å². The van der Waals surface area contributed by atoms with Gasteiger partial charge in [0.15, 0.2) is 5.96 Å². The molecule has 1 heterocycles. The fourth-order valence-corrected chi connectivity index (χ4v) is 2.24. The molecular formula is C15H28IN5. The van der Waals surface area contributed by atoms with E-state index in [1.54, 1.807) is 0 Å². The molecule has 1 rings (SSSR count). The molecule has 1 aromatic rings. The highest BCUT2D eigenvalue weighted by atomic mass is 127. The molecule has 120 valence electrons. The van der Waals surface area contributed by atoms with Crippen LogP contribution in [0.5, 0.6) is 0 Å². The van der Waals surface area contributed by atoms with E-state index >= 15 is 0 Å². The molecule has 0 radical (unpaired) electrons. The Morgan fingerprint density at radius 2 is 2.00 bits per heavy atom. The maximum absolute atomic E-state index is 4.65. The minimum absolute atomic E-state index is 0. The van der Waals surface area contributed by atoms with Gasteiger partial charge in [-0.3, -0.25) is 4.68 Å². The zero-order chi connectivity index (χ0) is 15.0. The van der Waals surface area contributed by atoms with Crippen LogP contribution in [0.15, 0.2) is 17.6 Å². The summed E-state index contributed by atoms with van der Waals surface area (Å²) >= 11 is 0. The Hall–Kier alpha value is -1.05. The topological polar surface area (TPSA) is 54.2 Å². The van der Waals surface area contributed by atoms with Crippen LogP contribution in [0.25, 0.3) is 0 Å². The van der Waals surface area contributed by atoms with Gasteiger partial charge in [-0.25, -0.2) is 4.99 Å². The van der Waals surface area contributed by atoms with Gasteiger partial charge in [0.1, 0.15) is 0 Å². The van der Waals surface area contributed by atoms with Gasteiger partial charge in [0.25, 0.3) is 0 Å². The first-order chi connectivity index (χ1) is 9.67. The van der Waals surface area contributed by atoms with Crippen molar-refractivity contribution in [2.24, 2.45) is 12.0 Å². The van der Waals surface area contributed by atoms with Gasteiger partial charge in [0.05, 0.1) is 12.2 Å². The summed E-state index contributed by atoms with van der Waals surface area (Å²) < 4.78 is 1.98. The number of halogens is 1. The molecule has 0 spiro atoms. The van der Waals surface area contributed by atoms with E-state index in [0.29, 0.717) is 13.1 Å². The lowest BCUT2D eigenvalue weighted by atomic mass is 10.1. The van der Waals surface area contributed by atoms with Gasteiger partial charge in [0.2, 0.25) is 0 Å². The van der Waals surface area contributed by atoms with Crippen LogP contribution in [0, 0.1) is 0 Å². The number of aromatic nitrogens is 2. The standard InChI is InChI=1S/C15H27N5.HI/c1-6-10-17-15(16-9-4)18-11-12-13(7-2)19-20(5)14(12)8-3;/h6H,1,7-11H2,2-5H3,(H2,16,17,18);1H. The molecule has 0 saturated carbocycles. The zero-order valence-corrected chi connectivity index (χ0v) is 15.9. The molecule has 0 aliphatic rings. The second kappa shape index (κ2) is 10.6. The molecule has 0 unspecified atom stereocenters. The number of guanidine groups is 1. The number of hydrogen-bond acceptors (Lipinski definition) is 2. The molecule has 0 aliphatic carbocycles. The van der Waals surface area contributed by atoms with E-state index < -0.39 is 0 Å². The molecular weight excluding hydrogens is 377 g/mol. The van der Waals surface area contributed by atoms with Crippen molar-refractivity contribution in [1.82, 2.24) is 20.4 Å². The van der Waals surface area contributed by atoms with E-state index in [-0.39, 0.29) is 24.0 Å². The first-order valence-corrected chi connectivity index (χ1v) is 7.34. The first-order valence-electron chi connectivity index (χ1n) is 7.34. The summed E-state index contributed by atoms with van der Waals surface area (Å²) in [5.41, 5.74) is 3.67. The van der Waals surface area contributed by atoms with Crippen LogP contribution < -0.4 is 10.6 Å². The molecule has 2 N–H and O–H groups in total. The lowest BCUT2D eigenvalue weighted by molar-refractivity contribution is 0.703. The number of hydrogen-bond donors (Lipinski definition) is 2. The second-order valence-corrected chi connectivity index (χ2v) is 4.57. The minimum atomic E-state index is 0. The van der Waals surface area contributed by atoms with Crippen molar-refractivity contribution in [2.45, 2.75) is 40.2 Å². The molecule has 1 aromatic heterocycles. The van der Waals surface area contributed by atoms with Gasteiger partial charge >= 0.3 is 0 Å². The largest absolute Gasteiger partial charge is 0.357 e. The van der Waals surface area contributed by atoms with Crippen LogP contribution in [0.4, 0.5) is 0 Å². The maximum Gasteiger partial charge on any atom is 0.191 e. The van der Waals surface area contributed by atoms with Crippen LogP contribution in [-0.2, 0) is 26.4 Å². The van der Waals surface area contributed by atoms with E-state index in [2.05, 4.69) is 48.1 Å². The average molecular weight is 405 g/mol. The van der Waals surface area contributed by atoms with Crippen molar-refractivity contribution < 1.29 is 0 Å². The third-order valence-corrected chi connectivity index (χ3v) is 3.18. The number of nitrogens with zero attached hydrogens (tertiary/aromatic N) is 3. The SMILES string of the molecule is C=CCNC(=NCc1c(CC)nn(C)c1CC)NCC.I. The van der Waals surface area contributed by atoms with Crippen molar-refractivity contribution in [2.75, 3.05) is 13.1 Å². The summed E-state index contributed by atoms with van der Waals surface area (Å²) in [6.07, 6.45) is 3.74. The quantitative estimate of drug-likeness (QED) is 0.317. The maximum atomic E-state index is 4.65. The summed E-state index contributed by atoms with van der Waals surface area (Å²) in [7, 11) is 2.01. The predicted molar refractivity (Wildman–Crippen MR) is 100 cm³/mol. The molecule has 5 nitrogen and oxygen atoms in total. The summed E-state index contributed by atoms with van der Waals surface area (Å²) in [5.74, 6) is 0.820. The average Bonchev–Trinajstić information content (AvgIpc) is 2.77. The normalized spacial score (nSPS) is 11.0. The molecule has 0 fully saturated rings. The monoisotopic (exact) mass is 405 g/mol. The van der Waals surface area contributed by atoms with E-state index in [9.17, 15) is 0 Å². The highest BCUT2D eigenvalue weighted by Crippen LogP contribution is 2.16. The molecule has 0 atom stereocenters. The van der Waals surface area contributed by atoms with Crippen molar-refractivity contribution in [3.8, 4) is 0 Å². The van der Waals surface area contributed by atoms with Gasteiger partial charge in [0, 0.05) is 31.4 Å². The third-order valence-electron chi connectivity index (χ3n) is 3.18. The van der Waals surface area contributed by atoms with Crippen LogP contribution in [0.3, 0.4) is 0 Å². The smallest absolute Gasteiger partial charge is 0.191 e. The Labute approximate surface area is 145 Å². The van der Waals surface area contributed by atoms with E-state index in [1.807, 2.05) is 17.8 Å². The number of aliphatic imine (C=N–C) groups is 1. The Bertz CT molecular complexity index is 465. The molecule has 0 aliphatic heterocycles. The fourth-order valence-electron chi connectivity index (χ4n) is 2.24. The lowest BCUT2D eigenvalue weighted by Gasteiger charge is -2.10. The number of aryl methyl sites for hydroxylation is 2. The van der Waals surface area contributed by atoms with Gasteiger partial charge < -0.3 is 10.6 Å². The summed E-state index contributed by atoms with van der Waals surface area (Å²) in [4.78, 5) is 4.65. The third kappa shape index (κ3) is 5.68. The van der Waals surface area contributed by atoms with E-state index in [4.69, 9.17) is 0 Å². The Kier molecular flexibility index (Phi) is 10.1. The van der Waals surface area contributed by atoms with Crippen LogP contribution in [0.1, 0.15) is 37.7 Å². The van der Waals surface area contributed by atoms with Crippen molar-refractivity contribution in [1.29, 1.82) is 0 Å². The fraction of sp³-hybridized carbons (Fsp3) is 0.600. The summed E-state index contributed by atoms with van der Waals surface area (Å²) in [5, 5.41) is 11.0. The molecule has 6 heteroatoms. The van der Waals surface area contributed by atoms with Crippen molar-refractivity contribution in [3.05, 3.63) is 29.6 Å². The van der Waals surface area contributed by atoms with Crippen LogP contribution >= 0.6 is 24.0 Å². The van der Waals surface area contributed by atoms with Gasteiger partial charge in [-0.2, -0.15) is 5.10 Å². The lowest BCUT2D eigenvalue weighted by Crippen LogP contribution is -2.37. The molecule has 0 amide bonds. The number of rotatable bonds is 7.